The number of rotatable bonds is 1. The van der Waals surface area contributed by atoms with E-state index in [1.807, 2.05) is 6.26 Å². The highest BCUT2D eigenvalue weighted by molar-refractivity contribution is 7.98. The van der Waals surface area contributed by atoms with Gasteiger partial charge in [-0.05, 0) is 6.26 Å². The van der Waals surface area contributed by atoms with Gasteiger partial charge in [-0.1, -0.05) is 11.8 Å². The maximum Gasteiger partial charge on any atom is 0.259 e. The number of anilines is 1. The summed E-state index contributed by atoms with van der Waals surface area (Å²) in [7, 11) is 1.72. The first-order chi connectivity index (χ1) is 6.63. The molecule has 1 aromatic heterocycles. The molecule has 1 amide bonds. The third-order valence-corrected chi connectivity index (χ3v) is 2.67. The minimum Gasteiger partial charge on any atom is -0.383 e. The molecule has 0 radical (unpaired) electrons. The lowest BCUT2D eigenvalue weighted by molar-refractivity contribution is 0.0817. The lowest BCUT2D eigenvalue weighted by Gasteiger charge is -2.04. The van der Waals surface area contributed by atoms with E-state index in [0.29, 0.717) is 17.3 Å². The van der Waals surface area contributed by atoms with Crippen LogP contribution in [0.15, 0.2) is 5.16 Å². The number of fused-ring (bicyclic) bond motifs is 1. The molecule has 2 heterocycles. The summed E-state index contributed by atoms with van der Waals surface area (Å²) in [6, 6.07) is 0. The van der Waals surface area contributed by atoms with E-state index >= 15 is 0 Å². The van der Waals surface area contributed by atoms with Crippen LogP contribution in [-0.2, 0) is 6.54 Å². The van der Waals surface area contributed by atoms with Crippen LogP contribution in [0.2, 0.25) is 0 Å². The van der Waals surface area contributed by atoms with Gasteiger partial charge in [-0.3, -0.25) is 4.79 Å². The van der Waals surface area contributed by atoms with Crippen LogP contribution in [-0.4, -0.2) is 34.1 Å². The standard InChI is InChI=1S/C8H10N4OS/c1-12-3-4-5(7(12)13)6(9)11-8(10-4)14-2/h3H2,1-2H3,(H2,9,10,11). The van der Waals surface area contributed by atoms with Crippen LogP contribution in [0.3, 0.4) is 0 Å². The number of thioether (sulfide) groups is 1. The number of nitrogens with two attached hydrogens (primary N) is 1. The Bertz CT molecular complexity index is 407. The third-order valence-electron chi connectivity index (χ3n) is 2.12. The van der Waals surface area contributed by atoms with Crippen LogP contribution in [0.5, 0.6) is 0 Å². The molecule has 14 heavy (non-hydrogen) atoms. The lowest BCUT2D eigenvalue weighted by atomic mass is 10.2. The summed E-state index contributed by atoms with van der Waals surface area (Å²) in [6.45, 7) is 0.522. The lowest BCUT2D eigenvalue weighted by Crippen LogP contribution is -2.18. The molecule has 1 aliphatic rings. The van der Waals surface area contributed by atoms with E-state index in [-0.39, 0.29) is 11.7 Å². The van der Waals surface area contributed by atoms with Crippen molar-refractivity contribution in [3.8, 4) is 0 Å². The summed E-state index contributed by atoms with van der Waals surface area (Å²) < 4.78 is 0. The molecule has 0 bridgehead atoms. The van der Waals surface area contributed by atoms with Gasteiger partial charge in [0.15, 0.2) is 5.16 Å². The molecule has 0 saturated heterocycles. The minimum atomic E-state index is -0.0925. The van der Waals surface area contributed by atoms with Gasteiger partial charge in [-0.15, -0.1) is 0 Å². The average molecular weight is 210 g/mol. The number of hydrogen-bond donors (Lipinski definition) is 1. The first kappa shape index (κ1) is 9.26. The number of hydrogen-bond acceptors (Lipinski definition) is 5. The van der Waals surface area contributed by atoms with Gasteiger partial charge < -0.3 is 10.6 Å². The molecular weight excluding hydrogens is 200 g/mol. The van der Waals surface area contributed by atoms with Crippen molar-refractivity contribution in [2.45, 2.75) is 11.7 Å². The number of nitrogens with zero attached hydrogens (tertiary/aromatic N) is 3. The van der Waals surface area contributed by atoms with Gasteiger partial charge in [0.05, 0.1) is 12.2 Å². The van der Waals surface area contributed by atoms with Crippen LogP contribution in [0.4, 0.5) is 5.82 Å². The van der Waals surface area contributed by atoms with Crippen molar-refractivity contribution in [2.24, 2.45) is 0 Å². The van der Waals surface area contributed by atoms with Crippen molar-refractivity contribution in [1.29, 1.82) is 0 Å². The first-order valence-electron chi connectivity index (χ1n) is 4.09. The number of carbonyl (C=O) groups is 1. The second kappa shape index (κ2) is 3.13. The average Bonchev–Trinajstić information content (AvgIpc) is 2.43. The molecule has 0 unspecified atom stereocenters. The Balaban J connectivity index is 2.57. The van der Waals surface area contributed by atoms with E-state index in [1.54, 1.807) is 11.9 Å². The van der Waals surface area contributed by atoms with Crippen molar-refractivity contribution in [1.82, 2.24) is 14.9 Å². The van der Waals surface area contributed by atoms with Crippen molar-refractivity contribution in [2.75, 3.05) is 19.0 Å². The fourth-order valence-electron chi connectivity index (χ4n) is 1.43. The molecule has 0 aliphatic carbocycles. The Hall–Kier alpha value is -1.30. The van der Waals surface area contributed by atoms with E-state index in [0.717, 1.165) is 5.69 Å². The Labute approximate surface area is 85.7 Å². The molecule has 0 atom stereocenters. The molecule has 1 aliphatic heterocycles. The number of nitrogen functional groups attached to an aromatic ring is 1. The summed E-state index contributed by atoms with van der Waals surface area (Å²) in [6.07, 6.45) is 1.88. The molecule has 0 fully saturated rings. The molecule has 74 valence electrons. The van der Waals surface area contributed by atoms with E-state index in [4.69, 9.17) is 5.73 Å². The molecule has 6 heteroatoms. The van der Waals surface area contributed by atoms with Crippen LogP contribution in [0, 0.1) is 0 Å². The van der Waals surface area contributed by atoms with Crippen LogP contribution < -0.4 is 5.73 Å². The van der Waals surface area contributed by atoms with Crippen LogP contribution in [0.1, 0.15) is 16.1 Å². The summed E-state index contributed by atoms with van der Waals surface area (Å²) in [4.78, 5) is 21.4. The van der Waals surface area contributed by atoms with Gasteiger partial charge in [-0.2, -0.15) is 0 Å². The Morgan fingerprint density at radius 1 is 1.50 bits per heavy atom. The Morgan fingerprint density at radius 2 is 2.21 bits per heavy atom. The molecular formula is C8H10N4OS. The van der Waals surface area contributed by atoms with Gasteiger partial charge in [0, 0.05) is 7.05 Å². The Morgan fingerprint density at radius 3 is 2.86 bits per heavy atom. The topological polar surface area (TPSA) is 72.1 Å². The van der Waals surface area contributed by atoms with Crippen molar-refractivity contribution in [3.63, 3.8) is 0 Å². The van der Waals surface area contributed by atoms with Gasteiger partial charge in [-0.25, -0.2) is 9.97 Å². The monoisotopic (exact) mass is 210 g/mol. The fourth-order valence-corrected chi connectivity index (χ4v) is 1.82. The van der Waals surface area contributed by atoms with Gasteiger partial charge in [0.1, 0.15) is 11.4 Å². The van der Waals surface area contributed by atoms with Gasteiger partial charge in [0.2, 0.25) is 0 Å². The molecule has 1 aromatic rings. The number of aromatic nitrogens is 2. The molecule has 5 nitrogen and oxygen atoms in total. The maximum absolute atomic E-state index is 11.6. The molecule has 2 rings (SSSR count). The highest BCUT2D eigenvalue weighted by atomic mass is 32.2. The first-order valence-corrected chi connectivity index (χ1v) is 5.31. The highest BCUT2D eigenvalue weighted by Crippen LogP contribution is 2.25. The SMILES string of the molecule is CSc1nc(N)c2c(n1)CN(C)C2=O. The summed E-state index contributed by atoms with van der Waals surface area (Å²) in [5.41, 5.74) is 6.88. The Kier molecular flexibility index (Phi) is 2.07. The summed E-state index contributed by atoms with van der Waals surface area (Å²) in [5, 5.41) is 0.615. The third kappa shape index (κ3) is 1.22. The minimum absolute atomic E-state index is 0.0925. The fraction of sp³-hybridized carbons (Fsp3) is 0.375. The predicted molar refractivity (Wildman–Crippen MR) is 54.0 cm³/mol. The summed E-state index contributed by atoms with van der Waals surface area (Å²) in [5.74, 6) is 0.193. The normalized spacial score (nSPS) is 14.7. The van der Waals surface area contributed by atoms with E-state index in [9.17, 15) is 4.79 Å². The smallest absolute Gasteiger partial charge is 0.259 e. The molecule has 0 spiro atoms. The van der Waals surface area contributed by atoms with E-state index in [2.05, 4.69) is 9.97 Å². The van der Waals surface area contributed by atoms with Crippen LogP contribution in [0.25, 0.3) is 0 Å². The second-order valence-corrected chi connectivity index (χ2v) is 3.85. The number of amides is 1. The quantitative estimate of drug-likeness (QED) is 0.535. The largest absolute Gasteiger partial charge is 0.383 e. The van der Waals surface area contributed by atoms with Gasteiger partial charge in [0.25, 0.3) is 5.91 Å². The highest BCUT2D eigenvalue weighted by Gasteiger charge is 2.29. The molecule has 0 saturated carbocycles. The zero-order valence-corrected chi connectivity index (χ0v) is 8.76. The van der Waals surface area contributed by atoms with E-state index < -0.39 is 0 Å². The van der Waals surface area contributed by atoms with Gasteiger partial charge >= 0.3 is 0 Å². The van der Waals surface area contributed by atoms with Crippen molar-refractivity contribution < 1.29 is 4.79 Å². The second-order valence-electron chi connectivity index (χ2n) is 3.08. The van der Waals surface area contributed by atoms with Crippen molar-refractivity contribution >= 4 is 23.5 Å². The zero-order chi connectivity index (χ0) is 10.3. The number of carbonyl (C=O) groups excluding carboxylic acids is 1. The predicted octanol–water partition coefficient (Wildman–Crippen LogP) is 0.366. The van der Waals surface area contributed by atoms with Crippen molar-refractivity contribution in [3.05, 3.63) is 11.3 Å². The molecule has 2 N–H and O–H groups in total. The van der Waals surface area contributed by atoms with E-state index in [1.165, 1.54) is 11.8 Å². The molecule has 0 aromatic carbocycles. The summed E-state index contributed by atoms with van der Waals surface area (Å²) >= 11 is 1.42. The zero-order valence-electron chi connectivity index (χ0n) is 7.94. The van der Waals surface area contributed by atoms with Crippen LogP contribution >= 0.6 is 11.8 Å². The maximum atomic E-state index is 11.6.